The van der Waals surface area contributed by atoms with E-state index in [4.69, 9.17) is 4.74 Å². The Morgan fingerprint density at radius 1 is 1.37 bits per heavy atom. The minimum absolute atomic E-state index is 0.348. The fourth-order valence-electron chi connectivity index (χ4n) is 2.52. The number of rotatable bonds is 5. The number of aryl methyl sites for hydroxylation is 2. The van der Waals surface area contributed by atoms with E-state index in [2.05, 4.69) is 44.3 Å². The Morgan fingerprint density at radius 2 is 2.21 bits per heavy atom. The largest absolute Gasteiger partial charge is 0.375 e. The van der Waals surface area contributed by atoms with Crippen molar-refractivity contribution in [2.45, 2.75) is 39.3 Å². The first-order valence-electron chi connectivity index (χ1n) is 7.19. The van der Waals surface area contributed by atoms with Crippen molar-refractivity contribution in [1.82, 2.24) is 5.32 Å². The summed E-state index contributed by atoms with van der Waals surface area (Å²) in [5, 5.41) is 3.60. The molecule has 0 saturated carbocycles. The van der Waals surface area contributed by atoms with Crippen molar-refractivity contribution in [3.8, 4) is 0 Å². The molecule has 1 aliphatic heterocycles. The Morgan fingerprint density at radius 3 is 2.84 bits per heavy atom. The normalized spacial score (nSPS) is 21.3. The molecule has 19 heavy (non-hydrogen) atoms. The van der Waals surface area contributed by atoms with Gasteiger partial charge in [-0.15, -0.1) is 0 Å². The minimum atomic E-state index is 0.348. The molecule has 106 valence electrons. The topological polar surface area (TPSA) is 21.3 Å². The fraction of sp³-hybridized carbons (Fsp3) is 0.625. The molecule has 1 aliphatic rings. The highest BCUT2D eigenvalue weighted by Crippen LogP contribution is 2.19. The van der Waals surface area contributed by atoms with Crippen LogP contribution in [0.5, 0.6) is 0 Å². The van der Waals surface area contributed by atoms with Gasteiger partial charge in [-0.25, -0.2) is 0 Å². The molecule has 1 N–H and O–H groups in total. The lowest BCUT2D eigenvalue weighted by molar-refractivity contribution is 0.0476. The summed E-state index contributed by atoms with van der Waals surface area (Å²) < 4.78 is 5.94. The monoisotopic (exact) mass is 279 g/mol. The molecule has 2 rings (SSSR count). The summed E-state index contributed by atoms with van der Waals surface area (Å²) in [6.45, 7) is 8.42. The molecule has 2 unspecified atom stereocenters. The zero-order valence-electron chi connectivity index (χ0n) is 12.2. The molecular formula is C16H25NOS. The highest BCUT2D eigenvalue weighted by atomic mass is 32.2. The van der Waals surface area contributed by atoms with E-state index in [9.17, 15) is 0 Å². The van der Waals surface area contributed by atoms with Crippen molar-refractivity contribution in [2.24, 2.45) is 0 Å². The van der Waals surface area contributed by atoms with E-state index in [-0.39, 0.29) is 0 Å². The van der Waals surface area contributed by atoms with E-state index >= 15 is 0 Å². The molecule has 3 heteroatoms. The first kappa shape index (κ1) is 14.9. The number of thioether (sulfide) groups is 1. The SMILES string of the molecule is CCNC(Cc1ccc(C)c(C)c1)C1CSCCO1. The second-order valence-corrected chi connectivity index (χ2v) is 6.42. The van der Waals surface area contributed by atoms with E-state index in [0.29, 0.717) is 12.1 Å². The molecule has 1 fully saturated rings. The molecule has 0 radical (unpaired) electrons. The minimum Gasteiger partial charge on any atom is -0.375 e. The van der Waals surface area contributed by atoms with Crippen molar-refractivity contribution < 1.29 is 4.74 Å². The van der Waals surface area contributed by atoms with Crippen LogP contribution < -0.4 is 5.32 Å². The van der Waals surface area contributed by atoms with Crippen LogP contribution in [0, 0.1) is 13.8 Å². The van der Waals surface area contributed by atoms with Gasteiger partial charge in [-0.05, 0) is 43.5 Å². The van der Waals surface area contributed by atoms with Gasteiger partial charge in [-0.1, -0.05) is 25.1 Å². The van der Waals surface area contributed by atoms with Crippen molar-refractivity contribution in [2.75, 3.05) is 24.7 Å². The second-order valence-electron chi connectivity index (χ2n) is 5.27. The van der Waals surface area contributed by atoms with Crippen LogP contribution in [0.2, 0.25) is 0 Å². The van der Waals surface area contributed by atoms with Crippen molar-refractivity contribution in [3.05, 3.63) is 34.9 Å². The molecule has 1 heterocycles. The maximum absolute atomic E-state index is 5.94. The molecule has 0 aliphatic carbocycles. The predicted octanol–water partition coefficient (Wildman–Crippen LogP) is 2.96. The summed E-state index contributed by atoms with van der Waals surface area (Å²) in [5.41, 5.74) is 4.16. The van der Waals surface area contributed by atoms with Crippen molar-refractivity contribution in [3.63, 3.8) is 0 Å². The number of likely N-dealkylation sites (N-methyl/N-ethyl adjacent to an activating group) is 1. The summed E-state index contributed by atoms with van der Waals surface area (Å²) in [6.07, 6.45) is 1.40. The third kappa shape index (κ3) is 4.23. The maximum Gasteiger partial charge on any atom is 0.0821 e. The Bertz CT molecular complexity index is 402. The summed E-state index contributed by atoms with van der Waals surface area (Å²) in [4.78, 5) is 0. The third-order valence-corrected chi connectivity index (χ3v) is 4.80. The van der Waals surface area contributed by atoms with Crippen LogP contribution in [0.4, 0.5) is 0 Å². The molecule has 0 spiro atoms. The summed E-state index contributed by atoms with van der Waals surface area (Å²) in [7, 11) is 0. The van der Waals surface area contributed by atoms with Gasteiger partial charge in [0.25, 0.3) is 0 Å². The molecule has 2 nitrogen and oxygen atoms in total. The van der Waals surface area contributed by atoms with Gasteiger partial charge >= 0.3 is 0 Å². The standard InChI is InChI=1S/C16H25NOS/c1-4-17-15(16-11-19-8-7-18-16)10-14-6-5-12(2)13(3)9-14/h5-6,9,15-17H,4,7-8,10-11H2,1-3H3. The third-order valence-electron chi connectivity index (χ3n) is 3.78. The van der Waals surface area contributed by atoms with E-state index in [1.807, 2.05) is 11.8 Å². The molecular weight excluding hydrogens is 254 g/mol. The zero-order chi connectivity index (χ0) is 13.7. The quantitative estimate of drug-likeness (QED) is 0.895. The van der Waals surface area contributed by atoms with Crippen LogP contribution in [0.25, 0.3) is 0 Å². The lowest BCUT2D eigenvalue weighted by Crippen LogP contribution is -2.46. The molecule has 0 aromatic heterocycles. The summed E-state index contributed by atoms with van der Waals surface area (Å²) >= 11 is 2.01. The van der Waals surface area contributed by atoms with Crippen LogP contribution in [0.3, 0.4) is 0 Å². The van der Waals surface area contributed by atoms with Gasteiger partial charge < -0.3 is 10.1 Å². The van der Waals surface area contributed by atoms with Crippen LogP contribution in [0.15, 0.2) is 18.2 Å². The van der Waals surface area contributed by atoms with Crippen molar-refractivity contribution in [1.29, 1.82) is 0 Å². The van der Waals surface area contributed by atoms with Gasteiger partial charge in [0.2, 0.25) is 0 Å². The Balaban J connectivity index is 2.04. The Kier molecular flexibility index (Phi) is 5.74. The lowest BCUT2D eigenvalue weighted by atomic mass is 9.98. The van der Waals surface area contributed by atoms with E-state index in [1.54, 1.807) is 0 Å². The Hall–Kier alpha value is -0.510. The lowest BCUT2D eigenvalue weighted by Gasteiger charge is -2.31. The molecule has 0 amide bonds. The predicted molar refractivity (Wildman–Crippen MR) is 84.1 cm³/mol. The van der Waals surface area contributed by atoms with Crippen LogP contribution >= 0.6 is 11.8 Å². The number of hydrogen-bond donors (Lipinski definition) is 1. The number of ether oxygens (including phenoxy) is 1. The van der Waals surface area contributed by atoms with Crippen LogP contribution in [-0.4, -0.2) is 36.8 Å². The number of nitrogens with one attached hydrogen (secondary N) is 1. The smallest absolute Gasteiger partial charge is 0.0821 e. The molecule has 1 saturated heterocycles. The van der Waals surface area contributed by atoms with Gasteiger partial charge in [0.05, 0.1) is 12.7 Å². The zero-order valence-corrected chi connectivity index (χ0v) is 13.1. The van der Waals surface area contributed by atoms with Crippen LogP contribution in [-0.2, 0) is 11.2 Å². The first-order chi connectivity index (χ1) is 9.20. The van der Waals surface area contributed by atoms with E-state index < -0.39 is 0 Å². The average Bonchev–Trinajstić information content (AvgIpc) is 2.43. The van der Waals surface area contributed by atoms with Crippen LogP contribution in [0.1, 0.15) is 23.6 Å². The second kappa shape index (κ2) is 7.32. The molecule has 1 aromatic carbocycles. The average molecular weight is 279 g/mol. The van der Waals surface area contributed by atoms with Gasteiger partial charge in [0.1, 0.15) is 0 Å². The molecule has 1 aromatic rings. The number of hydrogen-bond acceptors (Lipinski definition) is 3. The van der Waals surface area contributed by atoms with Crippen molar-refractivity contribution >= 4 is 11.8 Å². The van der Waals surface area contributed by atoms with E-state index in [0.717, 1.165) is 31.1 Å². The highest BCUT2D eigenvalue weighted by Gasteiger charge is 2.24. The Labute approximate surface area is 121 Å². The fourth-order valence-corrected chi connectivity index (χ4v) is 3.46. The first-order valence-corrected chi connectivity index (χ1v) is 8.35. The van der Waals surface area contributed by atoms with Gasteiger partial charge in [0.15, 0.2) is 0 Å². The van der Waals surface area contributed by atoms with Gasteiger partial charge in [-0.2, -0.15) is 11.8 Å². The van der Waals surface area contributed by atoms with Gasteiger partial charge in [0, 0.05) is 17.5 Å². The van der Waals surface area contributed by atoms with E-state index in [1.165, 1.54) is 16.7 Å². The highest BCUT2D eigenvalue weighted by molar-refractivity contribution is 7.99. The summed E-state index contributed by atoms with van der Waals surface area (Å²) in [6, 6.07) is 7.22. The van der Waals surface area contributed by atoms with Gasteiger partial charge in [-0.3, -0.25) is 0 Å². The number of benzene rings is 1. The maximum atomic E-state index is 5.94. The molecule has 0 bridgehead atoms. The molecule has 2 atom stereocenters. The summed E-state index contributed by atoms with van der Waals surface area (Å²) in [5.74, 6) is 2.25.